The van der Waals surface area contributed by atoms with Crippen molar-refractivity contribution in [3.8, 4) is 17.0 Å². The Bertz CT molecular complexity index is 783. The largest absolute Gasteiger partial charge is 0.495 e. The standard InChI is InChI=1S/C17H22N4O3/c1-23-14-8-10-4-5-11-15(12(10)9-13(14)19)20-21(7-3-6-18)16(11)17(22)24-2/h8-9H,3-7,18-19H2,1-2H3. The number of esters is 1. The van der Waals surface area contributed by atoms with Crippen LogP contribution in [0.15, 0.2) is 12.1 Å². The highest BCUT2D eigenvalue weighted by Gasteiger charge is 2.29. The van der Waals surface area contributed by atoms with E-state index in [1.807, 2.05) is 12.1 Å². The molecule has 1 aromatic carbocycles. The number of aromatic nitrogens is 2. The molecule has 0 bridgehead atoms. The Morgan fingerprint density at radius 3 is 2.79 bits per heavy atom. The molecule has 0 spiro atoms. The van der Waals surface area contributed by atoms with Gasteiger partial charge in [0.1, 0.15) is 11.4 Å². The van der Waals surface area contributed by atoms with E-state index in [0.29, 0.717) is 30.2 Å². The molecule has 2 aromatic rings. The zero-order chi connectivity index (χ0) is 17.3. The number of hydrogen-bond donors (Lipinski definition) is 2. The van der Waals surface area contributed by atoms with Crippen LogP contribution < -0.4 is 16.2 Å². The lowest BCUT2D eigenvalue weighted by molar-refractivity contribution is 0.0585. The van der Waals surface area contributed by atoms with Crippen LogP contribution in [-0.4, -0.2) is 36.5 Å². The molecule has 0 fully saturated rings. The molecular weight excluding hydrogens is 308 g/mol. The molecule has 1 aliphatic rings. The first-order chi connectivity index (χ1) is 11.6. The number of anilines is 1. The summed E-state index contributed by atoms with van der Waals surface area (Å²) in [5.74, 6) is 0.290. The van der Waals surface area contributed by atoms with Gasteiger partial charge in [-0.2, -0.15) is 5.10 Å². The summed E-state index contributed by atoms with van der Waals surface area (Å²) in [6.07, 6.45) is 2.26. The Balaban J connectivity index is 2.15. The van der Waals surface area contributed by atoms with Gasteiger partial charge in [-0.15, -0.1) is 0 Å². The monoisotopic (exact) mass is 330 g/mol. The highest BCUT2D eigenvalue weighted by molar-refractivity contribution is 5.92. The number of fused-ring (bicyclic) bond motifs is 3. The molecule has 0 aliphatic heterocycles. The second-order valence-electron chi connectivity index (χ2n) is 5.78. The minimum atomic E-state index is -0.370. The normalized spacial score (nSPS) is 12.5. The van der Waals surface area contributed by atoms with Gasteiger partial charge in [0.25, 0.3) is 0 Å². The SMILES string of the molecule is COC(=O)c1c2c(nn1CCCN)-c1cc(N)c(OC)cc1CC2. The summed E-state index contributed by atoms with van der Waals surface area (Å²) >= 11 is 0. The van der Waals surface area contributed by atoms with Crippen molar-refractivity contribution in [2.24, 2.45) is 5.73 Å². The van der Waals surface area contributed by atoms with E-state index in [0.717, 1.165) is 41.6 Å². The fourth-order valence-corrected chi connectivity index (χ4v) is 3.18. The second kappa shape index (κ2) is 6.52. The maximum absolute atomic E-state index is 12.3. The average molecular weight is 330 g/mol. The third-order valence-electron chi connectivity index (χ3n) is 4.36. The lowest BCUT2D eigenvalue weighted by atomic mass is 9.88. The number of carbonyl (C=O) groups is 1. The number of hydrogen-bond acceptors (Lipinski definition) is 6. The predicted molar refractivity (Wildman–Crippen MR) is 91.0 cm³/mol. The van der Waals surface area contributed by atoms with E-state index in [4.69, 9.17) is 20.9 Å². The predicted octanol–water partition coefficient (Wildman–Crippen LogP) is 1.37. The van der Waals surface area contributed by atoms with E-state index in [-0.39, 0.29) is 5.97 Å². The molecule has 0 saturated heterocycles. The number of nitrogens with zero attached hydrogens (tertiary/aromatic N) is 2. The first-order valence-corrected chi connectivity index (χ1v) is 7.95. The zero-order valence-electron chi connectivity index (χ0n) is 14.0. The minimum absolute atomic E-state index is 0.370. The molecular formula is C17H22N4O3. The highest BCUT2D eigenvalue weighted by Crippen LogP contribution is 2.39. The maximum atomic E-state index is 12.3. The molecule has 0 amide bonds. The van der Waals surface area contributed by atoms with Crippen molar-refractivity contribution in [2.45, 2.75) is 25.8 Å². The first-order valence-electron chi connectivity index (χ1n) is 7.95. The van der Waals surface area contributed by atoms with E-state index >= 15 is 0 Å². The Morgan fingerprint density at radius 2 is 2.12 bits per heavy atom. The molecule has 0 saturated carbocycles. The van der Waals surface area contributed by atoms with Crippen molar-refractivity contribution >= 4 is 11.7 Å². The van der Waals surface area contributed by atoms with Gasteiger partial charge < -0.3 is 20.9 Å². The smallest absolute Gasteiger partial charge is 0.356 e. The molecule has 4 N–H and O–H groups in total. The quantitative estimate of drug-likeness (QED) is 0.634. The Kier molecular flexibility index (Phi) is 4.44. The van der Waals surface area contributed by atoms with E-state index in [9.17, 15) is 4.79 Å². The lowest BCUT2D eigenvalue weighted by Crippen LogP contribution is -2.16. The van der Waals surface area contributed by atoms with Crippen LogP contribution in [0.5, 0.6) is 5.75 Å². The van der Waals surface area contributed by atoms with Gasteiger partial charge in [-0.25, -0.2) is 4.79 Å². The maximum Gasteiger partial charge on any atom is 0.356 e. The zero-order valence-corrected chi connectivity index (χ0v) is 14.0. The van der Waals surface area contributed by atoms with Crippen LogP contribution in [-0.2, 0) is 24.1 Å². The molecule has 3 rings (SSSR count). The van der Waals surface area contributed by atoms with Crippen molar-refractivity contribution < 1.29 is 14.3 Å². The van der Waals surface area contributed by atoms with Crippen LogP contribution in [0.2, 0.25) is 0 Å². The van der Waals surface area contributed by atoms with Crippen LogP contribution in [0, 0.1) is 0 Å². The number of aryl methyl sites for hydroxylation is 2. The lowest BCUT2D eigenvalue weighted by Gasteiger charge is -2.18. The summed E-state index contributed by atoms with van der Waals surface area (Å²) in [4.78, 5) is 12.3. The Morgan fingerprint density at radius 1 is 1.33 bits per heavy atom. The van der Waals surface area contributed by atoms with E-state index in [1.54, 1.807) is 11.8 Å². The van der Waals surface area contributed by atoms with E-state index < -0.39 is 0 Å². The topological polar surface area (TPSA) is 105 Å². The summed E-state index contributed by atoms with van der Waals surface area (Å²) in [7, 11) is 2.98. The number of nitrogens with two attached hydrogens (primary N) is 2. The highest BCUT2D eigenvalue weighted by atomic mass is 16.5. The molecule has 7 nitrogen and oxygen atoms in total. The summed E-state index contributed by atoms with van der Waals surface area (Å²) < 4.78 is 12.0. The van der Waals surface area contributed by atoms with Gasteiger partial charge >= 0.3 is 5.97 Å². The fraction of sp³-hybridized carbons (Fsp3) is 0.412. The van der Waals surface area contributed by atoms with Gasteiger partial charge in [-0.3, -0.25) is 4.68 Å². The van der Waals surface area contributed by atoms with E-state index in [2.05, 4.69) is 5.10 Å². The molecule has 1 heterocycles. The van der Waals surface area contributed by atoms with Crippen molar-refractivity contribution in [2.75, 3.05) is 26.5 Å². The summed E-state index contributed by atoms with van der Waals surface area (Å²) in [6, 6.07) is 3.82. The Labute approximate surface area is 140 Å². The third kappa shape index (κ3) is 2.60. The average Bonchev–Trinajstić information content (AvgIpc) is 2.97. The minimum Gasteiger partial charge on any atom is -0.495 e. The van der Waals surface area contributed by atoms with Gasteiger partial charge in [0, 0.05) is 17.7 Å². The fourth-order valence-electron chi connectivity index (χ4n) is 3.18. The summed E-state index contributed by atoms with van der Waals surface area (Å²) in [5, 5.41) is 4.66. The number of carbonyl (C=O) groups excluding carboxylic acids is 1. The van der Waals surface area contributed by atoms with Crippen LogP contribution in [0.4, 0.5) is 5.69 Å². The summed E-state index contributed by atoms with van der Waals surface area (Å²) in [6.45, 7) is 1.11. The molecule has 1 aliphatic carbocycles. The molecule has 0 atom stereocenters. The van der Waals surface area contributed by atoms with Gasteiger partial charge in [0.2, 0.25) is 0 Å². The van der Waals surface area contributed by atoms with Crippen molar-refractivity contribution in [3.05, 3.63) is 29.0 Å². The van der Waals surface area contributed by atoms with Crippen LogP contribution in [0.1, 0.15) is 28.0 Å². The molecule has 24 heavy (non-hydrogen) atoms. The Hall–Kier alpha value is -2.54. The number of benzene rings is 1. The van der Waals surface area contributed by atoms with Crippen molar-refractivity contribution in [1.29, 1.82) is 0 Å². The van der Waals surface area contributed by atoms with Gasteiger partial charge in [0.15, 0.2) is 0 Å². The first kappa shape index (κ1) is 16.3. The van der Waals surface area contributed by atoms with E-state index in [1.165, 1.54) is 7.11 Å². The number of nitrogen functional groups attached to an aromatic ring is 1. The molecule has 0 unspecified atom stereocenters. The van der Waals surface area contributed by atoms with Gasteiger partial charge in [0.05, 0.1) is 25.6 Å². The van der Waals surface area contributed by atoms with Crippen LogP contribution in [0.3, 0.4) is 0 Å². The van der Waals surface area contributed by atoms with Crippen molar-refractivity contribution in [1.82, 2.24) is 9.78 Å². The number of methoxy groups -OCH3 is 2. The summed E-state index contributed by atoms with van der Waals surface area (Å²) in [5.41, 5.74) is 16.5. The van der Waals surface area contributed by atoms with Crippen LogP contribution in [0.25, 0.3) is 11.3 Å². The molecule has 0 radical (unpaired) electrons. The van der Waals surface area contributed by atoms with Gasteiger partial charge in [-0.1, -0.05) is 0 Å². The molecule has 1 aromatic heterocycles. The van der Waals surface area contributed by atoms with Gasteiger partial charge in [-0.05, 0) is 43.5 Å². The van der Waals surface area contributed by atoms with Crippen LogP contribution >= 0.6 is 0 Å². The van der Waals surface area contributed by atoms with Crippen molar-refractivity contribution in [3.63, 3.8) is 0 Å². The second-order valence-corrected chi connectivity index (χ2v) is 5.78. The number of ether oxygens (including phenoxy) is 2. The number of rotatable bonds is 5. The molecule has 128 valence electrons. The molecule has 7 heteroatoms. The third-order valence-corrected chi connectivity index (χ3v) is 4.36.